The fourth-order valence-corrected chi connectivity index (χ4v) is 1.66. The Morgan fingerprint density at radius 2 is 2.00 bits per heavy atom. The van der Waals surface area contributed by atoms with Gasteiger partial charge in [-0.05, 0) is 30.7 Å². The van der Waals surface area contributed by atoms with Crippen molar-refractivity contribution in [3.63, 3.8) is 0 Å². The predicted octanol–water partition coefficient (Wildman–Crippen LogP) is 1.53. The highest BCUT2D eigenvalue weighted by molar-refractivity contribution is 6.05. The molecule has 1 aromatic heterocycles. The molecule has 3 N–H and O–H groups in total. The number of nitrogen functional groups attached to an aromatic ring is 1. The molecule has 0 bridgehead atoms. The van der Waals surface area contributed by atoms with Crippen molar-refractivity contribution in [3.8, 4) is 0 Å². The van der Waals surface area contributed by atoms with Crippen LogP contribution in [0.3, 0.4) is 0 Å². The van der Waals surface area contributed by atoms with E-state index in [0.29, 0.717) is 16.9 Å². The molecule has 0 aliphatic carbocycles. The smallest absolute Gasteiger partial charge is 0.255 e. The van der Waals surface area contributed by atoms with Crippen LogP contribution in [0.1, 0.15) is 15.9 Å². The van der Waals surface area contributed by atoms with Gasteiger partial charge >= 0.3 is 0 Å². The summed E-state index contributed by atoms with van der Waals surface area (Å²) in [6, 6.07) is 8.26. The lowest BCUT2D eigenvalue weighted by Crippen LogP contribution is -2.20. The summed E-state index contributed by atoms with van der Waals surface area (Å²) in [5.74, 6) is -0.352. The predicted molar refractivity (Wildman–Crippen MR) is 75.2 cm³/mol. The Balaban J connectivity index is 2.28. The molecule has 1 heterocycles. The summed E-state index contributed by atoms with van der Waals surface area (Å²) >= 11 is 0. The fraction of sp³-hybridized carbons (Fsp3) is 0.143. The van der Waals surface area contributed by atoms with Crippen molar-refractivity contribution in [2.75, 3.05) is 11.1 Å². The van der Waals surface area contributed by atoms with Crippen LogP contribution in [0, 0.1) is 6.92 Å². The lowest BCUT2D eigenvalue weighted by atomic mass is 10.2. The Bertz CT molecular complexity index is 689. The molecule has 5 heteroatoms. The van der Waals surface area contributed by atoms with Crippen LogP contribution in [0.4, 0.5) is 11.4 Å². The number of nitrogens with zero attached hydrogens (tertiary/aromatic N) is 1. The second-order valence-corrected chi connectivity index (χ2v) is 4.41. The topological polar surface area (TPSA) is 77.1 Å². The molecule has 19 heavy (non-hydrogen) atoms. The van der Waals surface area contributed by atoms with Gasteiger partial charge < -0.3 is 15.6 Å². The number of nitrogens with one attached hydrogen (secondary N) is 1. The van der Waals surface area contributed by atoms with E-state index >= 15 is 0 Å². The summed E-state index contributed by atoms with van der Waals surface area (Å²) in [7, 11) is 1.63. The highest BCUT2D eigenvalue weighted by Gasteiger charge is 2.09. The normalized spacial score (nSPS) is 10.2. The zero-order valence-electron chi connectivity index (χ0n) is 10.8. The number of hydrogen-bond donors (Lipinski definition) is 2. The zero-order valence-corrected chi connectivity index (χ0v) is 10.8. The van der Waals surface area contributed by atoms with Crippen LogP contribution in [-0.2, 0) is 7.05 Å². The summed E-state index contributed by atoms with van der Waals surface area (Å²) in [4.78, 5) is 23.5. The Labute approximate surface area is 110 Å². The maximum absolute atomic E-state index is 12.0. The van der Waals surface area contributed by atoms with Gasteiger partial charge in [-0.3, -0.25) is 9.59 Å². The number of carbonyl (C=O) groups excluding carboxylic acids is 1. The average molecular weight is 257 g/mol. The van der Waals surface area contributed by atoms with E-state index in [1.807, 2.05) is 13.0 Å². The second-order valence-electron chi connectivity index (χ2n) is 4.41. The largest absolute Gasteiger partial charge is 0.397 e. The van der Waals surface area contributed by atoms with Crippen molar-refractivity contribution in [2.24, 2.45) is 7.05 Å². The lowest BCUT2D eigenvalue weighted by Gasteiger charge is -2.09. The molecular weight excluding hydrogens is 242 g/mol. The number of pyridine rings is 1. The molecular formula is C14H15N3O2. The molecule has 2 aromatic rings. The molecule has 0 atom stereocenters. The standard InChI is InChI=1S/C14H15N3O2/c1-9-3-4-11(15)12(7-9)16-14(19)10-5-6-17(2)13(18)8-10/h3-8H,15H2,1-2H3,(H,16,19). The molecule has 0 unspecified atom stereocenters. The van der Waals surface area contributed by atoms with Gasteiger partial charge in [-0.2, -0.15) is 0 Å². The highest BCUT2D eigenvalue weighted by atomic mass is 16.2. The third-order valence-electron chi connectivity index (χ3n) is 2.82. The molecule has 0 saturated heterocycles. The molecule has 2 rings (SSSR count). The van der Waals surface area contributed by atoms with Gasteiger partial charge in [0.25, 0.3) is 11.5 Å². The molecule has 98 valence electrons. The summed E-state index contributed by atoms with van der Waals surface area (Å²) in [6.45, 7) is 1.91. The number of benzene rings is 1. The summed E-state index contributed by atoms with van der Waals surface area (Å²) in [5, 5.41) is 2.70. The van der Waals surface area contributed by atoms with Gasteiger partial charge in [0.05, 0.1) is 11.4 Å². The number of amides is 1. The fourth-order valence-electron chi connectivity index (χ4n) is 1.66. The first-order valence-corrected chi connectivity index (χ1v) is 5.81. The van der Waals surface area contributed by atoms with Crippen LogP contribution in [0.25, 0.3) is 0 Å². The number of hydrogen-bond acceptors (Lipinski definition) is 3. The molecule has 0 radical (unpaired) electrons. The molecule has 0 fully saturated rings. The van der Waals surface area contributed by atoms with E-state index in [2.05, 4.69) is 5.32 Å². The van der Waals surface area contributed by atoms with Crippen LogP contribution >= 0.6 is 0 Å². The van der Waals surface area contributed by atoms with Gasteiger partial charge in [-0.15, -0.1) is 0 Å². The number of anilines is 2. The molecule has 1 aromatic carbocycles. The van der Waals surface area contributed by atoms with Crippen molar-refractivity contribution >= 4 is 17.3 Å². The Morgan fingerprint density at radius 1 is 1.26 bits per heavy atom. The van der Waals surface area contributed by atoms with E-state index in [1.54, 1.807) is 31.4 Å². The minimum absolute atomic E-state index is 0.232. The lowest BCUT2D eigenvalue weighted by molar-refractivity contribution is 0.102. The van der Waals surface area contributed by atoms with E-state index in [-0.39, 0.29) is 11.5 Å². The van der Waals surface area contributed by atoms with Crippen molar-refractivity contribution in [1.29, 1.82) is 0 Å². The van der Waals surface area contributed by atoms with Crippen molar-refractivity contribution < 1.29 is 4.79 Å². The van der Waals surface area contributed by atoms with Crippen LogP contribution < -0.4 is 16.6 Å². The monoisotopic (exact) mass is 257 g/mol. The average Bonchev–Trinajstić information content (AvgIpc) is 2.37. The van der Waals surface area contributed by atoms with Gasteiger partial charge in [0.1, 0.15) is 0 Å². The zero-order chi connectivity index (χ0) is 14.0. The van der Waals surface area contributed by atoms with Gasteiger partial charge in [0, 0.05) is 24.9 Å². The third-order valence-corrected chi connectivity index (χ3v) is 2.82. The number of aromatic nitrogens is 1. The number of aryl methyl sites for hydroxylation is 2. The molecule has 0 spiro atoms. The summed E-state index contributed by atoms with van der Waals surface area (Å²) in [5.41, 5.74) is 7.90. The number of nitrogens with two attached hydrogens (primary N) is 1. The molecule has 1 amide bonds. The van der Waals surface area contributed by atoms with Crippen molar-refractivity contribution in [2.45, 2.75) is 6.92 Å². The first kappa shape index (κ1) is 12.9. The van der Waals surface area contributed by atoms with Crippen LogP contribution in [0.15, 0.2) is 41.3 Å². The number of carbonyl (C=O) groups is 1. The first-order valence-electron chi connectivity index (χ1n) is 5.81. The van der Waals surface area contributed by atoms with Gasteiger partial charge in [-0.1, -0.05) is 6.07 Å². The molecule has 0 aliphatic rings. The third kappa shape index (κ3) is 2.82. The van der Waals surface area contributed by atoms with Crippen LogP contribution in [0.2, 0.25) is 0 Å². The summed E-state index contributed by atoms with van der Waals surface area (Å²) in [6.07, 6.45) is 1.55. The minimum Gasteiger partial charge on any atom is -0.397 e. The van der Waals surface area contributed by atoms with Gasteiger partial charge in [-0.25, -0.2) is 0 Å². The minimum atomic E-state index is -0.352. The van der Waals surface area contributed by atoms with E-state index in [4.69, 9.17) is 5.73 Å². The van der Waals surface area contributed by atoms with E-state index in [0.717, 1.165) is 5.56 Å². The highest BCUT2D eigenvalue weighted by Crippen LogP contribution is 2.20. The quantitative estimate of drug-likeness (QED) is 0.801. The molecule has 0 aliphatic heterocycles. The van der Waals surface area contributed by atoms with E-state index < -0.39 is 0 Å². The molecule has 5 nitrogen and oxygen atoms in total. The SMILES string of the molecule is Cc1ccc(N)c(NC(=O)c2ccn(C)c(=O)c2)c1. The van der Waals surface area contributed by atoms with Gasteiger partial charge in [0.15, 0.2) is 0 Å². The Hall–Kier alpha value is -2.56. The maximum Gasteiger partial charge on any atom is 0.255 e. The van der Waals surface area contributed by atoms with Crippen molar-refractivity contribution in [3.05, 3.63) is 58.0 Å². The second kappa shape index (κ2) is 4.97. The molecule has 0 saturated carbocycles. The maximum atomic E-state index is 12.0. The Kier molecular flexibility index (Phi) is 3.37. The van der Waals surface area contributed by atoms with Crippen LogP contribution in [0.5, 0.6) is 0 Å². The van der Waals surface area contributed by atoms with E-state index in [1.165, 1.54) is 10.6 Å². The van der Waals surface area contributed by atoms with Crippen LogP contribution in [-0.4, -0.2) is 10.5 Å². The van der Waals surface area contributed by atoms with Gasteiger partial charge in [0.2, 0.25) is 0 Å². The summed E-state index contributed by atoms with van der Waals surface area (Å²) < 4.78 is 1.40. The van der Waals surface area contributed by atoms with E-state index in [9.17, 15) is 9.59 Å². The first-order chi connectivity index (χ1) is 8.97. The number of rotatable bonds is 2. The Morgan fingerprint density at radius 3 is 2.68 bits per heavy atom. The van der Waals surface area contributed by atoms with Crippen molar-refractivity contribution in [1.82, 2.24) is 4.57 Å².